The summed E-state index contributed by atoms with van der Waals surface area (Å²) < 4.78 is 24.0. The maximum absolute atomic E-state index is 13.3. The van der Waals surface area contributed by atoms with Gasteiger partial charge in [0.2, 0.25) is 17.4 Å². The van der Waals surface area contributed by atoms with Crippen molar-refractivity contribution in [1.29, 1.82) is 0 Å². The summed E-state index contributed by atoms with van der Waals surface area (Å²) in [5.74, 6) is -3.17. The van der Waals surface area contributed by atoms with Crippen molar-refractivity contribution >= 4 is 23.5 Å². The molecule has 3 heterocycles. The number of halogens is 1. The Labute approximate surface area is 160 Å². The highest BCUT2D eigenvalue weighted by molar-refractivity contribution is 6.23. The summed E-state index contributed by atoms with van der Waals surface area (Å²) in [5, 5.41) is 1.69. The van der Waals surface area contributed by atoms with E-state index in [0.29, 0.717) is 5.76 Å². The van der Waals surface area contributed by atoms with Gasteiger partial charge in [-0.1, -0.05) is 0 Å². The lowest BCUT2D eigenvalue weighted by molar-refractivity contribution is -0.732. The van der Waals surface area contributed by atoms with Gasteiger partial charge < -0.3 is 14.5 Å². The van der Waals surface area contributed by atoms with E-state index in [1.807, 2.05) is 0 Å². The first-order valence-electron chi connectivity index (χ1n) is 9.08. The van der Waals surface area contributed by atoms with Gasteiger partial charge >= 0.3 is 5.97 Å². The molecule has 0 radical (unpaired) electrons. The number of anilines is 1. The van der Waals surface area contributed by atoms with Crippen LogP contribution in [0.1, 0.15) is 25.6 Å². The highest BCUT2D eigenvalue weighted by atomic mass is 19.1. The third kappa shape index (κ3) is 2.56. The third-order valence-electron chi connectivity index (χ3n) is 5.58. The van der Waals surface area contributed by atoms with Crippen molar-refractivity contribution in [3.05, 3.63) is 54.2 Å². The SMILES string of the molecule is CCOC(=O)[C@@]1(C)[NH2+][C@@H](c2ccco2)[C@H]2C(=O)N(c3ccc(F)cc3)C(=O)[C@@H]21. The first-order valence-corrected chi connectivity index (χ1v) is 9.08. The van der Waals surface area contributed by atoms with E-state index in [1.165, 1.54) is 30.5 Å². The molecular weight excluding hydrogens is 367 g/mol. The van der Waals surface area contributed by atoms with Crippen molar-refractivity contribution in [3.8, 4) is 0 Å². The smallest absolute Gasteiger partial charge is 0.368 e. The van der Waals surface area contributed by atoms with E-state index < -0.39 is 47.0 Å². The minimum atomic E-state index is -1.28. The maximum Gasteiger partial charge on any atom is 0.368 e. The second kappa shape index (κ2) is 6.56. The molecule has 2 fully saturated rings. The maximum atomic E-state index is 13.3. The molecular formula is C20H20FN2O5+. The Balaban J connectivity index is 1.80. The Kier molecular flexibility index (Phi) is 4.30. The molecule has 0 aliphatic carbocycles. The number of nitrogens with zero attached hydrogens (tertiary/aromatic N) is 1. The Bertz CT molecular complexity index is 927. The second-order valence-electron chi connectivity index (χ2n) is 7.20. The second-order valence-corrected chi connectivity index (χ2v) is 7.20. The summed E-state index contributed by atoms with van der Waals surface area (Å²) in [5.41, 5.74) is -1.00. The molecule has 2 saturated heterocycles. The zero-order valence-corrected chi connectivity index (χ0v) is 15.4. The predicted octanol–water partition coefficient (Wildman–Crippen LogP) is 1.16. The van der Waals surface area contributed by atoms with Gasteiger partial charge in [-0.3, -0.25) is 9.59 Å². The van der Waals surface area contributed by atoms with Gasteiger partial charge in [-0.25, -0.2) is 14.1 Å². The summed E-state index contributed by atoms with van der Waals surface area (Å²) in [6, 6.07) is 7.98. The topological polar surface area (TPSA) is 93.4 Å². The van der Waals surface area contributed by atoms with Crippen molar-refractivity contribution in [2.75, 3.05) is 11.5 Å². The van der Waals surface area contributed by atoms with Crippen LogP contribution >= 0.6 is 0 Å². The molecule has 2 aliphatic heterocycles. The van der Waals surface area contributed by atoms with Crippen LogP contribution in [-0.4, -0.2) is 29.9 Å². The van der Waals surface area contributed by atoms with Crippen molar-refractivity contribution in [1.82, 2.24) is 0 Å². The first kappa shape index (κ1) is 18.4. The molecule has 7 nitrogen and oxygen atoms in total. The lowest BCUT2D eigenvalue weighted by Gasteiger charge is -2.25. The van der Waals surface area contributed by atoms with Crippen LogP contribution in [0, 0.1) is 17.7 Å². The number of nitrogens with two attached hydrogens (primary N) is 1. The largest absolute Gasteiger partial charge is 0.463 e. The summed E-state index contributed by atoms with van der Waals surface area (Å²) in [6.45, 7) is 3.46. The van der Waals surface area contributed by atoms with Crippen LogP contribution in [0.4, 0.5) is 10.1 Å². The molecule has 2 N–H and O–H groups in total. The molecule has 2 aromatic rings. The third-order valence-corrected chi connectivity index (χ3v) is 5.58. The van der Waals surface area contributed by atoms with Gasteiger partial charge in [-0.2, -0.15) is 0 Å². The number of amides is 2. The van der Waals surface area contributed by atoms with Crippen LogP contribution in [0.25, 0.3) is 0 Å². The molecule has 4 rings (SSSR count). The zero-order chi connectivity index (χ0) is 20.1. The van der Waals surface area contributed by atoms with Crippen molar-refractivity contribution in [2.24, 2.45) is 11.8 Å². The number of hydrogen-bond acceptors (Lipinski definition) is 5. The number of quaternary nitrogens is 1. The van der Waals surface area contributed by atoms with Gasteiger partial charge in [0.1, 0.15) is 17.7 Å². The minimum Gasteiger partial charge on any atom is -0.463 e. The minimum absolute atomic E-state index is 0.162. The number of rotatable bonds is 4. The van der Waals surface area contributed by atoms with Crippen LogP contribution in [0.2, 0.25) is 0 Å². The quantitative estimate of drug-likeness (QED) is 0.628. The van der Waals surface area contributed by atoms with Crippen LogP contribution in [0.5, 0.6) is 0 Å². The zero-order valence-electron chi connectivity index (χ0n) is 15.4. The fourth-order valence-electron chi connectivity index (χ4n) is 4.33. The van der Waals surface area contributed by atoms with Gasteiger partial charge in [-0.15, -0.1) is 0 Å². The normalized spacial score (nSPS) is 29.2. The van der Waals surface area contributed by atoms with Crippen LogP contribution < -0.4 is 10.2 Å². The average Bonchev–Trinajstić information content (AvgIpc) is 3.35. The molecule has 0 spiro atoms. The molecule has 0 bridgehead atoms. The number of esters is 1. The molecule has 2 aliphatic rings. The Morgan fingerprint density at radius 1 is 1.25 bits per heavy atom. The van der Waals surface area contributed by atoms with Gasteiger partial charge in [0.05, 0.1) is 18.6 Å². The summed E-state index contributed by atoms with van der Waals surface area (Å²) in [7, 11) is 0. The van der Waals surface area contributed by atoms with E-state index >= 15 is 0 Å². The fraction of sp³-hybridized carbons (Fsp3) is 0.350. The van der Waals surface area contributed by atoms with Crippen LogP contribution in [-0.2, 0) is 19.1 Å². The molecule has 4 atom stereocenters. The monoisotopic (exact) mass is 387 g/mol. The van der Waals surface area contributed by atoms with Crippen molar-refractivity contribution in [2.45, 2.75) is 25.4 Å². The van der Waals surface area contributed by atoms with Crippen LogP contribution in [0.3, 0.4) is 0 Å². The number of furan rings is 1. The molecule has 1 aromatic heterocycles. The highest BCUT2D eigenvalue weighted by Gasteiger charge is 2.71. The van der Waals surface area contributed by atoms with E-state index in [9.17, 15) is 18.8 Å². The number of benzene rings is 1. The number of ether oxygens (including phenoxy) is 1. The number of carbonyl (C=O) groups is 3. The number of carbonyl (C=O) groups excluding carboxylic acids is 3. The summed E-state index contributed by atoms with van der Waals surface area (Å²) in [6.07, 6.45) is 1.48. The van der Waals surface area contributed by atoms with Gasteiger partial charge in [0.25, 0.3) is 0 Å². The number of hydrogen-bond donors (Lipinski definition) is 1. The summed E-state index contributed by atoms with van der Waals surface area (Å²) in [4.78, 5) is 40.3. The number of imide groups is 1. The van der Waals surface area contributed by atoms with E-state index in [-0.39, 0.29) is 12.3 Å². The number of fused-ring (bicyclic) bond motifs is 1. The lowest BCUT2D eigenvalue weighted by Crippen LogP contribution is -2.97. The van der Waals surface area contributed by atoms with Crippen molar-refractivity contribution < 1.29 is 33.2 Å². The Morgan fingerprint density at radius 2 is 1.96 bits per heavy atom. The fourth-order valence-corrected chi connectivity index (χ4v) is 4.33. The van der Waals surface area contributed by atoms with Crippen molar-refractivity contribution in [3.63, 3.8) is 0 Å². The average molecular weight is 387 g/mol. The molecule has 0 saturated carbocycles. The van der Waals surface area contributed by atoms with Gasteiger partial charge in [-0.05, 0) is 43.3 Å². The molecule has 1 aromatic carbocycles. The molecule has 146 valence electrons. The van der Waals surface area contributed by atoms with E-state index in [2.05, 4.69) is 0 Å². The van der Waals surface area contributed by atoms with E-state index in [1.54, 1.807) is 31.3 Å². The van der Waals surface area contributed by atoms with Crippen LogP contribution in [0.15, 0.2) is 47.1 Å². The summed E-state index contributed by atoms with van der Waals surface area (Å²) >= 11 is 0. The molecule has 0 unspecified atom stereocenters. The lowest BCUT2D eigenvalue weighted by atomic mass is 9.81. The Hall–Kier alpha value is -3.00. The Morgan fingerprint density at radius 3 is 2.57 bits per heavy atom. The first-order chi connectivity index (χ1) is 13.4. The van der Waals surface area contributed by atoms with Gasteiger partial charge in [0, 0.05) is 6.92 Å². The van der Waals surface area contributed by atoms with E-state index in [4.69, 9.17) is 9.15 Å². The van der Waals surface area contributed by atoms with Gasteiger partial charge in [0.15, 0.2) is 11.8 Å². The van der Waals surface area contributed by atoms with E-state index in [0.717, 1.165) is 4.90 Å². The molecule has 2 amide bonds. The molecule has 28 heavy (non-hydrogen) atoms. The molecule has 8 heteroatoms. The standard InChI is InChI=1S/C20H19FN2O5/c1-3-27-19(26)20(2)15-14(16(22-20)13-5-4-10-28-13)17(24)23(18(15)25)12-8-6-11(21)7-9-12/h4-10,14-16,22H,3H2,1-2H3/p+1/t14-,15+,16-,20-/m0/s1. The predicted molar refractivity (Wildman–Crippen MR) is 94.3 cm³/mol. The highest BCUT2D eigenvalue weighted by Crippen LogP contribution is 2.45.